The number of fused-ring (bicyclic) bond motifs is 3. The maximum absolute atomic E-state index is 12.4. The molecule has 1 aromatic heterocycles. The average molecular weight is 463 g/mol. The van der Waals surface area contributed by atoms with E-state index in [1.807, 2.05) is 49.5 Å². The minimum absolute atomic E-state index is 0.0649. The Morgan fingerprint density at radius 2 is 1.76 bits per heavy atom. The number of aromatic nitrogens is 1. The van der Waals surface area contributed by atoms with Crippen LogP contribution in [0.15, 0.2) is 67.0 Å². The van der Waals surface area contributed by atoms with E-state index in [9.17, 15) is 14.7 Å². The number of ether oxygens (including phenoxy) is 1. The molecule has 170 valence electrons. The summed E-state index contributed by atoms with van der Waals surface area (Å²) in [6, 6.07) is 17.2. The summed E-state index contributed by atoms with van der Waals surface area (Å²) in [7, 11) is 0. The normalized spacial score (nSPS) is 13.1. The smallest absolute Gasteiger partial charge is 0.407 e. The van der Waals surface area contributed by atoms with Gasteiger partial charge in [0.15, 0.2) is 0 Å². The molecule has 7 heteroatoms. The van der Waals surface area contributed by atoms with Crippen molar-refractivity contribution in [3.8, 4) is 11.1 Å². The number of aryl methyl sites for hydroxylation is 1. The van der Waals surface area contributed by atoms with E-state index in [4.69, 9.17) is 4.74 Å². The first-order valence-electron chi connectivity index (χ1n) is 10.9. The molecule has 4 rings (SSSR count). The summed E-state index contributed by atoms with van der Waals surface area (Å²) in [5.41, 5.74) is 6.70. The number of rotatable bonds is 9. The quantitative estimate of drug-likeness (QED) is 0.435. The summed E-state index contributed by atoms with van der Waals surface area (Å²) >= 11 is 1.61. The summed E-state index contributed by atoms with van der Waals surface area (Å²) in [6.45, 7) is 2.14. The summed E-state index contributed by atoms with van der Waals surface area (Å²) in [6.07, 6.45) is 3.21. The Kier molecular flexibility index (Phi) is 7.29. The number of amides is 1. The van der Waals surface area contributed by atoms with Crippen LogP contribution in [0.2, 0.25) is 0 Å². The molecule has 6 nitrogen and oxygen atoms in total. The summed E-state index contributed by atoms with van der Waals surface area (Å²) in [5, 5.41) is 12.0. The number of carbonyl (C=O) groups excluding carboxylic acids is 1. The molecule has 1 amide bonds. The van der Waals surface area contributed by atoms with Crippen LogP contribution < -0.4 is 5.32 Å². The Balaban J connectivity index is 1.29. The van der Waals surface area contributed by atoms with Crippen molar-refractivity contribution in [1.82, 2.24) is 10.3 Å². The lowest BCUT2D eigenvalue weighted by Gasteiger charge is -2.17. The number of aliphatic carboxylic acids is 1. The number of nitrogens with one attached hydrogen (secondary N) is 1. The van der Waals surface area contributed by atoms with Crippen molar-refractivity contribution in [2.24, 2.45) is 0 Å². The number of benzene rings is 2. The Morgan fingerprint density at radius 3 is 2.39 bits per heavy atom. The van der Waals surface area contributed by atoms with Gasteiger partial charge in [-0.2, -0.15) is 11.8 Å². The molecule has 1 atom stereocenters. The van der Waals surface area contributed by atoms with E-state index in [2.05, 4.69) is 28.5 Å². The minimum atomic E-state index is -1.07. The lowest BCUT2D eigenvalue weighted by Crippen LogP contribution is -2.41. The van der Waals surface area contributed by atoms with Crippen molar-refractivity contribution in [2.45, 2.75) is 31.1 Å². The fourth-order valence-electron chi connectivity index (χ4n) is 4.13. The summed E-state index contributed by atoms with van der Waals surface area (Å²) in [4.78, 5) is 28.2. The van der Waals surface area contributed by atoms with E-state index in [0.717, 1.165) is 39.1 Å². The van der Waals surface area contributed by atoms with Crippen LogP contribution in [0.1, 0.15) is 34.6 Å². The van der Waals surface area contributed by atoms with Gasteiger partial charge in [0, 0.05) is 24.1 Å². The highest BCUT2D eigenvalue weighted by Crippen LogP contribution is 2.44. The molecule has 0 aliphatic heterocycles. The second-order valence-electron chi connectivity index (χ2n) is 8.07. The van der Waals surface area contributed by atoms with Gasteiger partial charge in [0.25, 0.3) is 0 Å². The van der Waals surface area contributed by atoms with Crippen molar-refractivity contribution >= 4 is 23.8 Å². The monoisotopic (exact) mass is 462 g/mol. The predicted molar refractivity (Wildman–Crippen MR) is 129 cm³/mol. The third kappa shape index (κ3) is 5.54. The fraction of sp³-hybridized carbons (Fsp3) is 0.269. The van der Waals surface area contributed by atoms with Gasteiger partial charge >= 0.3 is 12.1 Å². The molecular weight excluding hydrogens is 436 g/mol. The van der Waals surface area contributed by atoms with Crippen molar-refractivity contribution in [1.29, 1.82) is 0 Å². The number of alkyl carbamates (subject to hydrolysis) is 1. The molecule has 33 heavy (non-hydrogen) atoms. The van der Waals surface area contributed by atoms with Crippen molar-refractivity contribution in [3.05, 3.63) is 89.2 Å². The Bertz CT molecular complexity index is 1100. The van der Waals surface area contributed by atoms with Gasteiger partial charge in [0.2, 0.25) is 0 Å². The molecule has 1 aliphatic rings. The van der Waals surface area contributed by atoms with Crippen LogP contribution in [0.25, 0.3) is 11.1 Å². The first-order chi connectivity index (χ1) is 16.0. The van der Waals surface area contributed by atoms with Crippen LogP contribution >= 0.6 is 11.8 Å². The van der Waals surface area contributed by atoms with Gasteiger partial charge in [0.1, 0.15) is 12.6 Å². The second kappa shape index (κ2) is 10.5. The first kappa shape index (κ1) is 22.9. The van der Waals surface area contributed by atoms with Crippen LogP contribution in [0.3, 0.4) is 0 Å². The number of hydrogen-bond acceptors (Lipinski definition) is 5. The zero-order valence-electron chi connectivity index (χ0n) is 18.4. The van der Waals surface area contributed by atoms with E-state index in [0.29, 0.717) is 12.2 Å². The molecule has 0 saturated carbocycles. The minimum Gasteiger partial charge on any atom is -0.480 e. The van der Waals surface area contributed by atoms with Crippen LogP contribution in [0.5, 0.6) is 0 Å². The largest absolute Gasteiger partial charge is 0.480 e. The molecule has 1 unspecified atom stereocenters. The molecule has 0 saturated heterocycles. The highest BCUT2D eigenvalue weighted by atomic mass is 32.2. The lowest BCUT2D eigenvalue weighted by molar-refractivity contribution is -0.139. The number of carboxylic acids is 1. The third-order valence-electron chi connectivity index (χ3n) is 5.69. The number of hydrogen-bond donors (Lipinski definition) is 2. The molecule has 2 aromatic carbocycles. The highest BCUT2D eigenvalue weighted by Gasteiger charge is 2.29. The predicted octanol–water partition coefficient (Wildman–Crippen LogP) is 5.01. The summed E-state index contributed by atoms with van der Waals surface area (Å²) < 4.78 is 5.48. The van der Waals surface area contributed by atoms with Gasteiger partial charge in [-0.05, 0) is 52.5 Å². The summed E-state index contributed by atoms with van der Waals surface area (Å²) in [5.74, 6) is 0.201. The molecule has 0 radical (unpaired) electrons. The average Bonchev–Trinajstić information content (AvgIpc) is 3.13. The van der Waals surface area contributed by atoms with Gasteiger partial charge in [-0.1, -0.05) is 54.6 Å². The number of nitrogens with zero attached hydrogens (tertiary/aromatic N) is 1. The van der Waals surface area contributed by atoms with Crippen LogP contribution in [-0.2, 0) is 15.3 Å². The molecule has 0 spiro atoms. The van der Waals surface area contributed by atoms with Gasteiger partial charge in [-0.3, -0.25) is 4.98 Å². The SMILES string of the molecule is Cc1cncc(CSCCC(NC(=O)OCC2c3ccccc3-c3ccccc32)C(=O)O)c1. The van der Waals surface area contributed by atoms with Crippen LogP contribution in [0, 0.1) is 6.92 Å². The Labute approximate surface area is 197 Å². The van der Waals surface area contributed by atoms with E-state index in [-0.39, 0.29) is 12.5 Å². The molecular formula is C26H26N2O4S. The van der Waals surface area contributed by atoms with Gasteiger partial charge in [-0.25, -0.2) is 9.59 Å². The zero-order chi connectivity index (χ0) is 23.2. The van der Waals surface area contributed by atoms with Gasteiger partial charge < -0.3 is 15.2 Å². The molecule has 1 aliphatic carbocycles. The Hall–Kier alpha value is -3.32. The van der Waals surface area contributed by atoms with Crippen molar-refractivity contribution < 1.29 is 19.4 Å². The molecule has 2 N–H and O–H groups in total. The number of thioether (sulfide) groups is 1. The van der Waals surface area contributed by atoms with Crippen LogP contribution in [0.4, 0.5) is 4.79 Å². The standard InChI is InChI=1S/C26H26N2O4S/c1-17-12-18(14-27-13-17)16-33-11-10-24(25(29)30)28-26(31)32-15-23-21-8-4-2-6-19(21)20-7-3-5-9-22(20)23/h2-9,12-14,23-24H,10-11,15-16H2,1H3,(H,28,31)(H,29,30). The third-order valence-corrected chi connectivity index (χ3v) is 6.75. The zero-order valence-corrected chi connectivity index (χ0v) is 19.2. The van der Waals surface area contributed by atoms with Gasteiger partial charge in [-0.15, -0.1) is 0 Å². The Morgan fingerprint density at radius 1 is 1.09 bits per heavy atom. The first-order valence-corrected chi connectivity index (χ1v) is 12.0. The van der Waals surface area contributed by atoms with Crippen molar-refractivity contribution in [3.63, 3.8) is 0 Å². The van der Waals surface area contributed by atoms with E-state index in [1.165, 1.54) is 0 Å². The van der Waals surface area contributed by atoms with E-state index < -0.39 is 18.1 Å². The molecule has 0 bridgehead atoms. The number of carbonyl (C=O) groups is 2. The second-order valence-corrected chi connectivity index (χ2v) is 9.18. The number of carboxylic acid groups (broad SMARTS) is 1. The molecule has 0 fully saturated rings. The maximum Gasteiger partial charge on any atom is 0.407 e. The topological polar surface area (TPSA) is 88.5 Å². The molecule has 1 heterocycles. The van der Waals surface area contributed by atoms with Gasteiger partial charge in [0.05, 0.1) is 0 Å². The highest BCUT2D eigenvalue weighted by molar-refractivity contribution is 7.98. The fourth-order valence-corrected chi connectivity index (χ4v) is 5.07. The molecule has 3 aromatic rings. The van der Waals surface area contributed by atoms with Crippen LogP contribution in [-0.4, -0.2) is 40.6 Å². The van der Waals surface area contributed by atoms with E-state index in [1.54, 1.807) is 18.0 Å². The number of pyridine rings is 1. The maximum atomic E-state index is 12.4. The lowest BCUT2D eigenvalue weighted by atomic mass is 9.98. The van der Waals surface area contributed by atoms with E-state index >= 15 is 0 Å². The van der Waals surface area contributed by atoms with Crippen molar-refractivity contribution in [2.75, 3.05) is 12.4 Å².